The van der Waals surface area contributed by atoms with Crippen LogP contribution in [0.5, 0.6) is 0 Å². The number of nitrogens with one attached hydrogen (secondary N) is 1. The van der Waals surface area contributed by atoms with Gasteiger partial charge in [0.1, 0.15) is 6.54 Å². The van der Waals surface area contributed by atoms with Gasteiger partial charge in [-0.2, -0.15) is 0 Å². The van der Waals surface area contributed by atoms with Crippen LogP contribution in [0, 0.1) is 0 Å². The molecule has 0 heterocycles. The Labute approximate surface area is 123 Å². The van der Waals surface area contributed by atoms with E-state index in [0.717, 1.165) is 0 Å². The molecule has 0 spiro atoms. The fourth-order valence-corrected chi connectivity index (χ4v) is 1.73. The summed E-state index contributed by atoms with van der Waals surface area (Å²) in [5, 5.41) is 11.5. The number of nitrogens with zero attached hydrogens (tertiary/aromatic N) is 1. The van der Waals surface area contributed by atoms with Crippen LogP contribution in [0.4, 0.5) is 10.5 Å². The van der Waals surface area contributed by atoms with Crippen LogP contribution in [0.15, 0.2) is 24.3 Å². The van der Waals surface area contributed by atoms with Gasteiger partial charge in [0.15, 0.2) is 5.78 Å². The fraction of sp³-hybridized carbons (Fsp3) is 0.400. The van der Waals surface area contributed by atoms with E-state index in [4.69, 9.17) is 5.11 Å². The minimum absolute atomic E-state index is 0.0601. The molecule has 114 valence electrons. The maximum atomic E-state index is 12.2. The number of rotatable bonds is 4. The van der Waals surface area contributed by atoms with Crippen LogP contribution in [-0.4, -0.2) is 39.9 Å². The molecule has 1 aromatic carbocycles. The Morgan fingerprint density at radius 1 is 1.14 bits per heavy atom. The predicted octanol–water partition coefficient (Wildman–Crippen LogP) is 2.61. The van der Waals surface area contributed by atoms with E-state index >= 15 is 0 Å². The molecule has 0 fully saturated rings. The quantitative estimate of drug-likeness (QED) is 0.835. The molecule has 2 amide bonds. The first-order valence-corrected chi connectivity index (χ1v) is 6.52. The standard InChI is InChI=1S/C15H20N2O4/c1-10(18)11-5-7-12(8-6-11)16-14(21)17(9-13(19)20)15(2,3)4/h5-8H,9H2,1-4H3,(H,16,21)(H,19,20). The minimum Gasteiger partial charge on any atom is -0.480 e. The molecule has 0 aliphatic carbocycles. The molecule has 1 rings (SSSR count). The fourth-order valence-electron chi connectivity index (χ4n) is 1.73. The number of hydrogen-bond donors (Lipinski definition) is 2. The van der Waals surface area contributed by atoms with Gasteiger partial charge in [-0.1, -0.05) is 0 Å². The number of amides is 2. The van der Waals surface area contributed by atoms with E-state index in [1.165, 1.54) is 11.8 Å². The summed E-state index contributed by atoms with van der Waals surface area (Å²) in [6.07, 6.45) is 0. The zero-order valence-electron chi connectivity index (χ0n) is 12.6. The second kappa shape index (κ2) is 6.39. The number of hydrogen-bond acceptors (Lipinski definition) is 3. The summed E-state index contributed by atoms with van der Waals surface area (Å²) >= 11 is 0. The monoisotopic (exact) mass is 292 g/mol. The van der Waals surface area contributed by atoms with E-state index in [-0.39, 0.29) is 12.3 Å². The van der Waals surface area contributed by atoms with Crippen molar-refractivity contribution < 1.29 is 19.5 Å². The summed E-state index contributed by atoms with van der Waals surface area (Å²) in [6.45, 7) is 6.35. The van der Waals surface area contributed by atoms with Gasteiger partial charge in [-0.15, -0.1) is 0 Å². The van der Waals surface area contributed by atoms with Crippen molar-refractivity contribution in [2.75, 3.05) is 11.9 Å². The van der Waals surface area contributed by atoms with Crippen molar-refractivity contribution in [3.8, 4) is 0 Å². The number of Topliss-reactive ketones (excluding diaryl/α,β-unsaturated/α-hetero) is 1. The molecule has 0 saturated carbocycles. The Hall–Kier alpha value is -2.37. The highest BCUT2D eigenvalue weighted by Gasteiger charge is 2.28. The zero-order valence-corrected chi connectivity index (χ0v) is 12.6. The molecule has 0 aliphatic rings. The van der Waals surface area contributed by atoms with Crippen molar-refractivity contribution in [2.24, 2.45) is 0 Å². The van der Waals surface area contributed by atoms with E-state index in [2.05, 4.69) is 5.32 Å². The summed E-state index contributed by atoms with van der Waals surface area (Å²) in [5.41, 5.74) is 0.428. The van der Waals surface area contributed by atoms with E-state index < -0.39 is 17.5 Å². The third kappa shape index (κ3) is 4.91. The predicted molar refractivity (Wildman–Crippen MR) is 79.6 cm³/mol. The number of urea groups is 1. The number of carboxylic acids is 1. The van der Waals surface area contributed by atoms with Crippen LogP contribution in [0.2, 0.25) is 0 Å². The second-order valence-electron chi connectivity index (χ2n) is 5.71. The number of anilines is 1. The van der Waals surface area contributed by atoms with Gasteiger partial charge >= 0.3 is 12.0 Å². The first-order valence-electron chi connectivity index (χ1n) is 6.52. The van der Waals surface area contributed by atoms with E-state index in [1.54, 1.807) is 45.0 Å². The number of carbonyl (C=O) groups excluding carboxylic acids is 2. The van der Waals surface area contributed by atoms with Crippen molar-refractivity contribution in [2.45, 2.75) is 33.2 Å². The molecule has 6 heteroatoms. The first kappa shape index (κ1) is 16.7. The van der Waals surface area contributed by atoms with Gasteiger partial charge in [-0.05, 0) is 52.0 Å². The Bertz CT molecular complexity index is 544. The molecular formula is C15H20N2O4. The molecule has 0 aromatic heterocycles. The van der Waals surface area contributed by atoms with Gasteiger partial charge in [0, 0.05) is 16.8 Å². The average molecular weight is 292 g/mol. The van der Waals surface area contributed by atoms with Gasteiger partial charge in [0.2, 0.25) is 0 Å². The highest BCUT2D eigenvalue weighted by atomic mass is 16.4. The topological polar surface area (TPSA) is 86.7 Å². The third-order valence-electron chi connectivity index (χ3n) is 2.89. The van der Waals surface area contributed by atoms with Crippen LogP contribution in [0.3, 0.4) is 0 Å². The van der Waals surface area contributed by atoms with E-state index in [9.17, 15) is 14.4 Å². The lowest BCUT2D eigenvalue weighted by atomic mass is 10.1. The molecule has 0 atom stereocenters. The largest absolute Gasteiger partial charge is 0.480 e. The Morgan fingerprint density at radius 2 is 1.67 bits per heavy atom. The molecule has 0 radical (unpaired) electrons. The van der Waals surface area contributed by atoms with Crippen molar-refractivity contribution in [1.29, 1.82) is 0 Å². The second-order valence-corrected chi connectivity index (χ2v) is 5.71. The normalized spacial score (nSPS) is 10.9. The molecular weight excluding hydrogens is 272 g/mol. The van der Waals surface area contributed by atoms with Crippen molar-refractivity contribution in [3.63, 3.8) is 0 Å². The van der Waals surface area contributed by atoms with Gasteiger partial charge in [-0.3, -0.25) is 9.59 Å². The number of aliphatic carboxylic acids is 1. The summed E-state index contributed by atoms with van der Waals surface area (Å²) in [5.74, 6) is -1.14. The Morgan fingerprint density at radius 3 is 2.05 bits per heavy atom. The highest BCUT2D eigenvalue weighted by Crippen LogP contribution is 2.16. The van der Waals surface area contributed by atoms with E-state index in [1.807, 2.05) is 0 Å². The molecule has 2 N–H and O–H groups in total. The summed E-state index contributed by atoms with van der Waals surface area (Å²) < 4.78 is 0. The highest BCUT2D eigenvalue weighted by molar-refractivity contribution is 5.95. The molecule has 1 aromatic rings. The van der Waals surface area contributed by atoms with Crippen molar-refractivity contribution in [1.82, 2.24) is 4.90 Å². The minimum atomic E-state index is -1.08. The summed E-state index contributed by atoms with van der Waals surface area (Å²) in [6, 6.07) is 5.93. The number of benzene rings is 1. The first-order chi connectivity index (χ1) is 9.61. The molecule has 0 aliphatic heterocycles. The van der Waals surface area contributed by atoms with E-state index in [0.29, 0.717) is 11.3 Å². The van der Waals surface area contributed by atoms with Gasteiger partial charge in [0.05, 0.1) is 0 Å². The van der Waals surface area contributed by atoms with Crippen LogP contribution < -0.4 is 5.32 Å². The van der Waals surface area contributed by atoms with Gasteiger partial charge in [-0.25, -0.2) is 4.79 Å². The van der Waals surface area contributed by atoms with Crippen LogP contribution >= 0.6 is 0 Å². The lowest BCUT2D eigenvalue weighted by molar-refractivity contribution is -0.138. The number of ketones is 1. The smallest absolute Gasteiger partial charge is 0.323 e. The van der Waals surface area contributed by atoms with Crippen molar-refractivity contribution >= 4 is 23.5 Å². The molecule has 21 heavy (non-hydrogen) atoms. The number of carboxylic acid groups (broad SMARTS) is 1. The lowest BCUT2D eigenvalue weighted by Gasteiger charge is -2.34. The van der Waals surface area contributed by atoms with Crippen molar-refractivity contribution in [3.05, 3.63) is 29.8 Å². The SMILES string of the molecule is CC(=O)c1ccc(NC(=O)N(CC(=O)O)C(C)(C)C)cc1. The lowest BCUT2D eigenvalue weighted by Crippen LogP contribution is -2.50. The van der Waals surface area contributed by atoms with Gasteiger partial charge < -0.3 is 15.3 Å². The average Bonchev–Trinajstić information content (AvgIpc) is 2.35. The molecule has 0 saturated heterocycles. The maximum absolute atomic E-state index is 12.2. The Kier molecular flexibility index (Phi) is 5.07. The van der Waals surface area contributed by atoms with Crippen LogP contribution in [-0.2, 0) is 4.79 Å². The van der Waals surface area contributed by atoms with Crippen LogP contribution in [0.25, 0.3) is 0 Å². The Balaban J connectivity index is 2.86. The molecule has 6 nitrogen and oxygen atoms in total. The number of carbonyl (C=O) groups is 3. The molecule has 0 bridgehead atoms. The third-order valence-corrected chi connectivity index (χ3v) is 2.89. The van der Waals surface area contributed by atoms with Crippen LogP contribution in [0.1, 0.15) is 38.1 Å². The summed E-state index contributed by atoms with van der Waals surface area (Å²) in [7, 11) is 0. The maximum Gasteiger partial charge on any atom is 0.323 e. The summed E-state index contributed by atoms with van der Waals surface area (Å²) in [4.78, 5) is 35.5. The molecule has 0 unspecified atom stereocenters. The zero-order chi connectivity index (χ0) is 16.2. The van der Waals surface area contributed by atoms with Gasteiger partial charge in [0.25, 0.3) is 0 Å².